The Morgan fingerprint density at radius 2 is 1.85 bits per heavy atom. The third-order valence-electron chi connectivity index (χ3n) is 3.16. The average molecular weight is 478 g/mol. The lowest BCUT2D eigenvalue weighted by Gasteiger charge is -2.26. The molecule has 148 valence electrons. The van der Waals surface area contributed by atoms with Crippen molar-refractivity contribution in [2.24, 2.45) is 10.7 Å². The number of nitrogens with one attached hydrogen (secondary N) is 1. The van der Waals surface area contributed by atoms with Gasteiger partial charge in [0, 0.05) is 18.8 Å². The predicted molar refractivity (Wildman–Crippen MR) is 117 cm³/mol. The molecule has 0 aliphatic carbocycles. The van der Waals surface area contributed by atoms with Crippen LogP contribution in [0.1, 0.15) is 34.1 Å². The van der Waals surface area contributed by atoms with E-state index in [9.17, 15) is 4.79 Å². The number of guanidine groups is 1. The first-order valence-corrected chi connectivity index (χ1v) is 8.44. The van der Waals surface area contributed by atoms with Gasteiger partial charge in [-0.2, -0.15) is 0 Å². The minimum Gasteiger partial charge on any atom is -0.497 e. The maximum absolute atomic E-state index is 12.2. The van der Waals surface area contributed by atoms with E-state index in [1.807, 2.05) is 52.0 Å². The van der Waals surface area contributed by atoms with E-state index in [4.69, 9.17) is 15.2 Å². The predicted octanol–water partition coefficient (Wildman–Crippen LogP) is 3.69. The van der Waals surface area contributed by atoms with Crippen LogP contribution >= 0.6 is 24.0 Å². The molecule has 0 aliphatic heterocycles. The second kappa shape index (κ2) is 11.8. The molecule has 0 atom stereocenters. The van der Waals surface area contributed by atoms with E-state index >= 15 is 0 Å². The lowest BCUT2D eigenvalue weighted by Crippen LogP contribution is -2.39. The zero-order valence-corrected chi connectivity index (χ0v) is 18.6. The number of ether oxygens (including phenoxy) is 2. The van der Waals surface area contributed by atoms with Crippen LogP contribution in [0.4, 0.5) is 10.5 Å². The number of carbonyl (C=O) groups is 1. The van der Waals surface area contributed by atoms with Crippen molar-refractivity contribution >= 4 is 41.7 Å². The highest BCUT2D eigenvalue weighted by Crippen LogP contribution is 2.14. The maximum atomic E-state index is 12.2. The van der Waals surface area contributed by atoms with Crippen molar-refractivity contribution in [3.63, 3.8) is 0 Å². The summed E-state index contributed by atoms with van der Waals surface area (Å²) >= 11 is 0. The minimum atomic E-state index is -0.513. The van der Waals surface area contributed by atoms with Gasteiger partial charge in [-0.25, -0.2) is 4.79 Å². The molecule has 0 saturated heterocycles. The van der Waals surface area contributed by atoms with Crippen LogP contribution in [0.5, 0.6) is 5.75 Å². The number of methoxy groups -OCH3 is 1. The van der Waals surface area contributed by atoms with E-state index in [0.717, 1.165) is 17.9 Å². The van der Waals surface area contributed by atoms with Crippen LogP contribution in [0, 0.1) is 0 Å². The Bertz CT molecular complexity index is 571. The van der Waals surface area contributed by atoms with Gasteiger partial charge in [0.1, 0.15) is 11.4 Å². The molecule has 8 heteroatoms. The Balaban J connectivity index is 0.00000625. The summed E-state index contributed by atoms with van der Waals surface area (Å²) in [6.07, 6.45) is 0.522. The number of nitrogens with zero attached hydrogens (tertiary/aromatic N) is 2. The van der Waals surface area contributed by atoms with Crippen LogP contribution in [0.2, 0.25) is 0 Å². The molecule has 0 radical (unpaired) electrons. The standard InChI is InChI=1S/C18H30N4O3.HI/c1-6-12-22(17(23)25-18(2,3)4)13-11-20-16(19)21-14-7-9-15(24-5)10-8-14;/h7-10H,6,11-13H2,1-5H3,(H3,19,20,21);1H. The highest BCUT2D eigenvalue weighted by Gasteiger charge is 2.21. The summed E-state index contributed by atoms with van der Waals surface area (Å²) in [6, 6.07) is 7.37. The molecule has 26 heavy (non-hydrogen) atoms. The van der Waals surface area contributed by atoms with Crippen molar-refractivity contribution in [3.8, 4) is 5.75 Å². The smallest absolute Gasteiger partial charge is 0.410 e. The summed E-state index contributed by atoms with van der Waals surface area (Å²) in [5, 5.41) is 3.00. The summed E-state index contributed by atoms with van der Waals surface area (Å²) in [5.74, 6) is 1.07. The molecule has 0 aliphatic rings. The fourth-order valence-corrected chi connectivity index (χ4v) is 2.04. The third kappa shape index (κ3) is 9.69. The molecule has 0 fully saturated rings. The molecule has 0 bridgehead atoms. The summed E-state index contributed by atoms with van der Waals surface area (Å²) in [7, 11) is 1.62. The summed E-state index contributed by atoms with van der Waals surface area (Å²) < 4.78 is 10.5. The van der Waals surface area contributed by atoms with Crippen LogP contribution in [-0.4, -0.2) is 49.3 Å². The molecule has 1 aromatic rings. The van der Waals surface area contributed by atoms with Crippen LogP contribution in [0.3, 0.4) is 0 Å². The maximum Gasteiger partial charge on any atom is 0.410 e. The van der Waals surface area contributed by atoms with Gasteiger partial charge < -0.3 is 25.4 Å². The van der Waals surface area contributed by atoms with E-state index in [2.05, 4.69) is 10.3 Å². The molecule has 0 spiro atoms. The number of carbonyl (C=O) groups excluding carboxylic acids is 1. The largest absolute Gasteiger partial charge is 0.497 e. The number of halogens is 1. The van der Waals surface area contributed by atoms with Crippen molar-refractivity contribution in [3.05, 3.63) is 24.3 Å². The molecule has 1 aromatic carbocycles. The van der Waals surface area contributed by atoms with Gasteiger partial charge in [0.2, 0.25) is 0 Å². The van der Waals surface area contributed by atoms with Crippen LogP contribution in [-0.2, 0) is 4.74 Å². The van der Waals surface area contributed by atoms with E-state index in [0.29, 0.717) is 25.6 Å². The number of amides is 1. The zero-order valence-electron chi connectivity index (χ0n) is 16.2. The summed E-state index contributed by atoms with van der Waals surface area (Å²) in [4.78, 5) is 18.1. The molecule has 0 heterocycles. The van der Waals surface area contributed by atoms with Crippen LogP contribution in [0.15, 0.2) is 29.3 Å². The second-order valence-corrected chi connectivity index (χ2v) is 6.59. The fraction of sp³-hybridized carbons (Fsp3) is 0.556. The van der Waals surface area contributed by atoms with Crippen molar-refractivity contribution in [2.75, 3.05) is 32.1 Å². The van der Waals surface area contributed by atoms with Gasteiger partial charge in [0.25, 0.3) is 0 Å². The van der Waals surface area contributed by atoms with Gasteiger partial charge in [0.05, 0.1) is 13.7 Å². The van der Waals surface area contributed by atoms with Crippen LogP contribution < -0.4 is 15.8 Å². The van der Waals surface area contributed by atoms with Gasteiger partial charge in [0.15, 0.2) is 5.96 Å². The first-order chi connectivity index (χ1) is 11.7. The molecular formula is C18H31IN4O3. The number of aliphatic imine (C=N–C) groups is 1. The molecule has 1 rings (SSSR count). The SMILES string of the molecule is CCCN(CCN=C(N)Nc1ccc(OC)cc1)C(=O)OC(C)(C)C.I. The fourth-order valence-electron chi connectivity index (χ4n) is 2.04. The molecule has 0 aromatic heterocycles. The van der Waals surface area contributed by atoms with Gasteiger partial charge in [-0.3, -0.25) is 4.99 Å². The molecule has 0 unspecified atom stereocenters. The number of hydrogen-bond acceptors (Lipinski definition) is 4. The highest BCUT2D eigenvalue weighted by molar-refractivity contribution is 14.0. The number of benzene rings is 1. The third-order valence-corrected chi connectivity index (χ3v) is 3.16. The molecule has 1 amide bonds. The number of nitrogens with two attached hydrogens (primary N) is 1. The number of anilines is 1. The quantitative estimate of drug-likeness (QED) is 0.355. The second-order valence-electron chi connectivity index (χ2n) is 6.59. The number of hydrogen-bond donors (Lipinski definition) is 2. The summed E-state index contributed by atoms with van der Waals surface area (Å²) in [6.45, 7) is 9.04. The minimum absolute atomic E-state index is 0. The summed E-state index contributed by atoms with van der Waals surface area (Å²) in [5.41, 5.74) is 6.19. The Morgan fingerprint density at radius 1 is 1.23 bits per heavy atom. The molecule has 7 nitrogen and oxygen atoms in total. The van der Waals surface area contributed by atoms with E-state index < -0.39 is 5.60 Å². The van der Waals surface area contributed by atoms with Crippen molar-refractivity contribution in [1.82, 2.24) is 4.90 Å². The number of rotatable bonds is 7. The van der Waals surface area contributed by atoms with Crippen LogP contribution in [0.25, 0.3) is 0 Å². The van der Waals surface area contributed by atoms with Gasteiger partial charge in [-0.05, 0) is 51.5 Å². The first kappa shape index (κ1) is 24.3. The molecular weight excluding hydrogens is 447 g/mol. The Hall–Kier alpha value is -1.71. The first-order valence-electron chi connectivity index (χ1n) is 8.44. The lowest BCUT2D eigenvalue weighted by molar-refractivity contribution is 0.0256. The highest BCUT2D eigenvalue weighted by atomic mass is 127. The van der Waals surface area contributed by atoms with Crippen molar-refractivity contribution in [1.29, 1.82) is 0 Å². The topological polar surface area (TPSA) is 89.2 Å². The zero-order chi connectivity index (χ0) is 18.9. The van der Waals surface area contributed by atoms with Gasteiger partial charge >= 0.3 is 6.09 Å². The average Bonchev–Trinajstić information content (AvgIpc) is 2.53. The monoisotopic (exact) mass is 478 g/mol. The molecule has 3 N–H and O–H groups in total. The van der Waals surface area contributed by atoms with Crippen molar-refractivity contribution in [2.45, 2.75) is 39.7 Å². The lowest BCUT2D eigenvalue weighted by atomic mass is 10.2. The van der Waals surface area contributed by atoms with E-state index in [1.54, 1.807) is 12.0 Å². The normalized spacial score (nSPS) is 11.3. The van der Waals surface area contributed by atoms with Crippen molar-refractivity contribution < 1.29 is 14.3 Å². The van der Waals surface area contributed by atoms with E-state index in [1.165, 1.54) is 0 Å². The Kier molecular flexibility index (Phi) is 11.0. The van der Waals surface area contributed by atoms with E-state index in [-0.39, 0.29) is 30.1 Å². The van der Waals surface area contributed by atoms with Gasteiger partial charge in [-0.15, -0.1) is 24.0 Å². The molecule has 0 saturated carbocycles. The Morgan fingerprint density at radius 3 is 2.35 bits per heavy atom. The van der Waals surface area contributed by atoms with Gasteiger partial charge in [-0.1, -0.05) is 6.92 Å². The Labute approximate surface area is 173 Å².